The van der Waals surface area contributed by atoms with Gasteiger partial charge in [0.2, 0.25) is 5.91 Å². The number of rotatable bonds is 5. The minimum atomic E-state index is -0.513. The summed E-state index contributed by atoms with van der Waals surface area (Å²) in [7, 11) is 0. The molecule has 1 amide bonds. The number of unbranched alkanes of at least 4 members (excludes halogenated alkanes) is 1. The van der Waals surface area contributed by atoms with Gasteiger partial charge >= 0.3 is 0 Å². The Morgan fingerprint density at radius 2 is 2.17 bits per heavy atom. The molecule has 0 spiro atoms. The van der Waals surface area contributed by atoms with E-state index in [2.05, 4.69) is 5.32 Å². The van der Waals surface area contributed by atoms with Crippen molar-refractivity contribution in [2.45, 2.75) is 37.8 Å². The summed E-state index contributed by atoms with van der Waals surface area (Å²) in [6, 6.07) is 7.60. The molecule has 18 heavy (non-hydrogen) atoms. The Bertz CT molecular complexity index is 420. The predicted molar refractivity (Wildman–Crippen MR) is 69.9 cm³/mol. The second-order valence-corrected chi connectivity index (χ2v) is 4.76. The molecule has 2 atom stereocenters. The van der Waals surface area contributed by atoms with Crippen LogP contribution in [-0.4, -0.2) is 23.7 Å². The minimum absolute atomic E-state index is 0.01000. The Kier molecular flexibility index (Phi) is 4.33. The highest BCUT2D eigenvalue weighted by atomic mass is 16.3. The lowest BCUT2D eigenvalue weighted by molar-refractivity contribution is -0.122. The Labute approximate surface area is 107 Å². The zero-order valence-electron chi connectivity index (χ0n) is 10.4. The van der Waals surface area contributed by atoms with Crippen LogP contribution in [0.1, 0.15) is 36.4 Å². The zero-order valence-corrected chi connectivity index (χ0v) is 10.4. The van der Waals surface area contributed by atoms with Crippen LogP contribution in [0.5, 0.6) is 0 Å². The lowest BCUT2D eigenvalue weighted by Gasteiger charge is -2.17. The second-order valence-electron chi connectivity index (χ2n) is 4.76. The van der Waals surface area contributed by atoms with Crippen molar-refractivity contribution in [1.29, 1.82) is 0 Å². The molecule has 0 fully saturated rings. The van der Waals surface area contributed by atoms with Gasteiger partial charge in [0.25, 0.3) is 0 Å². The van der Waals surface area contributed by atoms with Crippen LogP contribution in [0.2, 0.25) is 0 Å². The number of aliphatic hydroxyl groups is 1. The first-order valence-corrected chi connectivity index (χ1v) is 6.47. The molecule has 98 valence electrons. The molecule has 0 saturated heterocycles. The number of nitrogens with two attached hydrogens (primary N) is 1. The molecule has 4 N–H and O–H groups in total. The molecule has 0 heterocycles. The Hall–Kier alpha value is -1.39. The standard InChI is InChI=1S/C14H20N2O2/c15-8-4-3-7-13(18)16-14-11-6-2-1-5-10(11)9-12(14)17/h1-2,5-6,12,14,17H,3-4,7-9,15H2,(H,16,18)/t12-,14+/m1/s1. The van der Waals surface area contributed by atoms with Crippen LogP contribution in [-0.2, 0) is 11.2 Å². The first kappa shape index (κ1) is 13.1. The van der Waals surface area contributed by atoms with E-state index in [1.807, 2.05) is 24.3 Å². The van der Waals surface area contributed by atoms with Crippen LogP contribution in [0.3, 0.4) is 0 Å². The van der Waals surface area contributed by atoms with Gasteiger partial charge in [0, 0.05) is 12.8 Å². The number of carbonyl (C=O) groups excluding carboxylic acids is 1. The van der Waals surface area contributed by atoms with Crippen molar-refractivity contribution >= 4 is 5.91 Å². The molecule has 0 unspecified atom stereocenters. The number of benzene rings is 1. The zero-order chi connectivity index (χ0) is 13.0. The van der Waals surface area contributed by atoms with Crippen LogP contribution >= 0.6 is 0 Å². The Balaban J connectivity index is 1.95. The summed E-state index contributed by atoms with van der Waals surface area (Å²) in [6.07, 6.45) is 2.23. The van der Waals surface area contributed by atoms with E-state index in [4.69, 9.17) is 5.73 Å². The van der Waals surface area contributed by atoms with Crippen molar-refractivity contribution in [3.63, 3.8) is 0 Å². The molecule has 0 radical (unpaired) electrons. The third-order valence-corrected chi connectivity index (χ3v) is 3.38. The number of amides is 1. The summed E-state index contributed by atoms with van der Waals surface area (Å²) in [5, 5.41) is 12.9. The van der Waals surface area contributed by atoms with E-state index in [1.54, 1.807) is 0 Å². The monoisotopic (exact) mass is 248 g/mol. The third-order valence-electron chi connectivity index (χ3n) is 3.38. The number of nitrogens with one attached hydrogen (secondary N) is 1. The summed E-state index contributed by atoms with van der Waals surface area (Å²) in [6.45, 7) is 0.613. The SMILES string of the molecule is NCCCCC(=O)N[C@H]1c2ccccc2C[C@H]1O. The van der Waals surface area contributed by atoms with E-state index >= 15 is 0 Å². The summed E-state index contributed by atoms with van der Waals surface area (Å²) in [5.74, 6) is -0.01000. The Morgan fingerprint density at radius 3 is 2.94 bits per heavy atom. The van der Waals surface area contributed by atoms with Crippen molar-refractivity contribution in [2.24, 2.45) is 5.73 Å². The fourth-order valence-electron chi connectivity index (χ4n) is 2.42. The lowest BCUT2D eigenvalue weighted by atomic mass is 10.1. The number of fused-ring (bicyclic) bond motifs is 1. The van der Waals surface area contributed by atoms with E-state index in [9.17, 15) is 9.90 Å². The largest absolute Gasteiger partial charge is 0.390 e. The molecule has 0 saturated carbocycles. The van der Waals surface area contributed by atoms with Crippen LogP contribution in [0, 0.1) is 0 Å². The molecule has 1 aliphatic rings. The minimum Gasteiger partial charge on any atom is -0.390 e. The van der Waals surface area contributed by atoms with Crippen molar-refractivity contribution < 1.29 is 9.90 Å². The van der Waals surface area contributed by atoms with Gasteiger partial charge in [-0.05, 0) is 30.5 Å². The van der Waals surface area contributed by atoms with Crippen molar-refractivity contribution in [3.05, 3.63) is 35.4 Å². The molecule has 0 aromatic heterocycles. The van der Waals surface area contributed by atoms with Crippen LogP contribution in [0.15, 0.2) is 24.3 Å². The van der Waals surface area contributed by atoms with Gasteiger partial charge < -0.3 is 16.2 Å². The summed E-state index contributed by atoms with van der Waals surface area (Å²) in [4.78, 5) is 11.8. The topological polar surface area (TPSA) is 75.4 Å². The molecular weight excluding hydrogens is 228 g/mol. The van der Waals surface area contributed by atoms with Gasteiger partial charge in [0.05, 0.1) is 12.1 Å². The van der Waals surface area contributed by atoms with Crippen LogP contribution in [0.25, 0.3) is 0 Å². The highest BCUT2D eigenvalue weighted by Crippen LogP contribution is 2.31. The van der Waals surface area contributed by atoms with E-state index in [1.165, 1.54) is 0 Å². The van der Waals surface area contributed by atoms with Crippen molar-refractivity contribution in [1.82, 2.24) is 5.32 Å². The quantitative estimate of drug-likeness (QED) is 0.677. The highest BCUT2D eigenvalue weighted by molar-refractivity contribution is 5.76. The molecule has 1 aliphatic carbocycles. The van der Waals surface area contributed by atoms with Gasteiger partial charge in [-0.2, -0.15) is 0 Å². The van der Waals surface area contributed by atoms with Crippen LogP contribution < -0.4 is 11.1 Å². The van der Waals surface area contributed by atoms with Gasteiger partial charge in [-0.3, -0.25) is 4.79 Å². The van der Waals surface area contributed by atoms with E-state index in [-0.39, 0.29) is 11.9 Å². The molecule has 1 aromatic carbocycles. The van der Waals surface area contributed by atoms with Crippen molar-refractivity contribution in [3.8, 4) is 0 Å². The lowest BCUT2D eigenvalue weighted by Crippen LogP contribution is -2.33. The molecule has 1 aromatic rings. The van der Waals surface area contributed by atoms with E-state index < -0.39 is 6.10 Å². The van der Waals surface area contributed by atoms with Gasteiger partial charge in [-0.25, -0.2) is 0 Å². The average molecular weight is 248 g/mol. The third kappa shape index (κ3) is 2.89. The molecular formula is C14H20N2O2. The maximum absolute atomic E-state index is 11.8. The van der Waals surface area contributed by atoms with Crippen molar-refractivity contribution in [2.75, 3.05) is 6.54 Å². The molecule has 2 rings (SSSR count). The fourth-order valence-corrected chi connectivity index (χ4v) is 2.42. The number of aliphatic hydroxyl groups excluding tert-OH is 1. The number of carbonyl (C=O) groups is 1. The van der Waals surface area contributed by atoms with E-state index in [0.717, 1.165) is 24.0 Å². The highest BCUT2D eigenvalue weighted by Gasteiger charge is 2.31. The molecule has 0 bridgehead atoms. The van der Waals surface area contributed by atoms with Gasteiger partial charge in [0.15, 0.2) is 0 Å². The molecule has 0 aliphatic heterocycles. The maximum Gasteiger partial charge on any atom is 0.220 e. The maximum atomic E-state index is 11.8. The van der Waals surface area contributed by atoms with Gasteiger partial charge in [-0.1, -0.05) is 24.3 Å². The number of hydrogen-bond donors (Lipinski definition) is 3. The summed E-state index contributed by atoms with van der Waals surface area (Å²) >= 11 is 0. The molecule has 4 nitrogen and oxygen atoms in total. The molecule has 4 heteroatoms. The normalized spacial score (nSPS) is 21.7. The fraction of sp³-hybridized carbons (Fsp3) is 0.500. The smallest absolute Gasteiger partial charge is 0.220 e. The average Bonchev–Trinajstić information content (AvgIpc) is 2.67. The number of hydrogen-bond acceptors (Lipinski definition) is 3. The van der Waals surface area contributed by atoms with Gasteiger partial charge in [0.1, 0.15) is 0 Å². The summed E-state index contributed by atoms with van der Waals surface area (Å²) < 4.78 is 0. The first-order valence-electron chi connectivity index (χ1n) is 6.47. The van der Waals surface area contributed by atoms with Crippen LogP contribution in [0.4, 0.5) is 0 Å². The second kappa shape index (κ2) is 5.98. The predicted octanol–water partition coefficient (Wildman–Crippen LogP) is 0.890. The summed E-state index contributed by atoms with van der Waals surface area (Å²) in [5.41, 5.74) is 7.55. The van der Waals surface area contributed by atoms with E-state index in [0.29, 0.717) is 19.4 Å². The Morgan fingerprint density at radius 1 is 1.39 bits per heavy atom. The first-order chi connectivity index (χ1) is 8.72. The van der Waals surface area contributed by atoms with Gasteiger partial charge in [-0.15, -0.1) is 0 Å².